The summed E-state index contributed by atoms with van der Waals surface area (Å²) in [5, 5.41) is 7.19. The fourth-order valence-electron chi connectivity index (χ4n) is 6.78. The van der Waals surface area contributed by atoms with Crippen molar-refractivity contribution in [2.24, 2.45) is 0 Å². The summed E-state index contributed by atoms with van der Waals surface area (Å²) in [7, 11) is 0. The molecular weight excluding hydrogens is 635 g/mol. The van der Waals surface area contributed by atoms with Gasteiger partial charge >= 0.3 is 0 Å². The zero-order valence-electron chi connectivity index (χ0n) is 28.4. The van der Waals surface area contributed by atoms with Crippen molar-refractivity contribution < 1.29 is 0 Å². The minimum absolute atomic E-state index is 0.0478. The Kier molecular flexibility index (Phi) is 8.27. The summed E-state index contributed by atoms with van der Waals surface area (Å²) in [6.07, 6.45) is 10.7. The van der Waals surface area contributed by atoms with Gasteiger partial charge in [0.15, 0.2) is 17.5 Å². The van der Waals surface area contributed by atoms with Crippen LogP contribution in [0.25, 0.3) is 68.2 Å². The first-order valence-electron chi connectivity index (χ1n) is 17.6. The lowest BCUT2D eigenvalue weighted by atomic mass is 9.95. The second-order valence-corrected chi connectivity index (χ2v) is 13.0. The van der Waals surface area contributed by atoms with E-state index in [0.717, 1.165) is 40.2 Å². The van der Waals surface area contributed by atoms with E-state index in [2.05, 4.69) is 156 Å². The average Bonchev–Trinajstić information content (AvgIpc) is 3.24. The molecule has 1 atom stereocenters. The van der Waals surface area contributed by atoms with Crippen LogP contribution in [0, 0.1) is 0 Å². The van der Waals surface area contributed by atoms with Crippen molar-refractivity contribution in [1.29, 1.82) is 0 Å². The van der Waals surface area contributed by atoms with Crippen molar-refractivity contribution in [2.45, 2.75) is 6.04 Å². The Morgan fingerprint density at radius 3 is 1.73 bits per heavy atom. The van der Waals surface area contributed by atoms with Crippen LogP contribution in [0.4, 0.5) is 5.69 Å². The van der Waals surface area contributed by atoms with Gasteiger partial charge in [0, 0.05) is 34.6 Å². The van der Waals surface area contributed by atoms with Gasteiger partial charge in [0.05, 0.1) is 6.04 Å². The molecule has 0 bridgehead atoms. The van der Waals surface area contributed by atoms with E-state index in [-0.39, 0.29) is 6.04 Å². The highest BCUT2D eigenvalue weighted by Gasteiger charge is 2.17. The van der Waals surface area contributed by atoms with Crippen molar-refractivity contribution in [3.05, 3.63) is 193 Å². The number of hydrogen-bond acceptors (Lipinski definition) is 5. The average molecular weight is 670 g/mol. The Balaban J connectivity index is 0.972. The molecule has 2 N–H and O–H groups in total. The zero-order valence-corrected chi connectivity index (χ0v) is 28.4. The molecular formula is C47H35N5. The van der Waals surface area contributed by atoms with Crippen LogP contribution in [0.2, 0.25) is 0 Å². The number of nitrogens with zero attached hydrogens (tertiary/aromatic N) is 3. The first kappa shape index (κ1) is 31.2. The minimum Gasteiger partial charge on any atom is -0.381 e. The van der Waals surface area contributed by atoms with Crippen molar-refractivity contribution in [3.63, 3.8) is 0 Å². The molecule has 1 unspecified atom stereocenters. The van der Waals surface area contributed by atoms with E-state index in [1.165, 1.54) is 33.4 Å². The van der Waals surface area contributed by atoms with Crippen molar-refractivity contribution >= 4 is 17.5 Å². The van der Waals surface area contributed by atoms with Gasteiger partial charge < -0.3 is 10.6 Å². The first-order chi connectivity index (χ1) is 25.7. The van der Waals surface area contributed by atoms with Gasteiger partial charge in [-0.3, -0.25) is 0 Å². The molecule has 9 rings (SSSR count). The third kappa shape index (κ3) is 6.43. The van der Waals surface area contributed by atoms with Crippen LogP contribution in [0.5, 0.6) is 0 Å². The molecule has 5 heteroatoms. The first-order valence-corrected chi connectivity index (χ1v) is 17.6. The number of rotatable bonds is 7. The molecule has 0 spiro atoms. The van der Waals surface area contributed by atoms with Crippen molar-refractivity contribution in [2.75, 3.05) is 11.9 Å². The molecule has 2 aliphatic heterocycles. The van der Waals surface area contributed by atoms with Gasteiger partial charge in [0.1, 0.15) is 0 Å². The number of benzene rings is 6. The molecule has 52 heavy (non-hydrogen) atoms. The SMILES string of the molecule is C1=CCNC(c2cccc(-c3nc(-c4ccccc4)nc(-c4ccc(C5C=Cc6cc(-c7ccc(-c8ccccc8)cc7)ccc6N5)cc4)n3)c2)=C1. The van der Waals surface area contributed by atoms with E-state index in [0.29, 0.717) is 17.5 Å². The topological polar surface area (TPSA) is 62.7 Å². The van der Waals surface area contributed by atoms with E-state index in [1.54, 1.807) is 0 Å². The van der Waals surface area contributed by atoms with E-state index >= 15 is 0 Å². The van der Waals surface area contributed by atoms with Gasteiger partial charge in [-0.05, 0) is 63.2 Å². The molecule has 3 heterocycles. The van der Waals surface area contributed by atoms with E-state index < -0.39 is 0 Å². The Labute approximate surface area is 303 Å². The molecule has 0 aliphatic carbocycles. The number of hydrogen-bond donors (Lipinski definition) is 2. The predicted molar refractivity (Wildman–Crippen MR) is 214 cm³/mol. The second kappa shape index (κ2) is 13.8. The number of fused-ring (bicyclic) bond motifs is 1. The van der Waals surface area contributed by atoms with Gasteiger partial charge in [0.2, 0.25) is 0 Å². The molecule has 0 amide bonds. The van der Waals surface area contributed by atoms with Crippen LogP contribution in [0.3, 0.4) is 0 Å². The van der Waals surface area contributed by atoms with Crippen molar-refractivity contribution in [1.82, 2.24) is 20.3 Å². The molecule has 5 nitrogen and oxygen atoms in total. The fourth-order valence-corrected chi connectivity index (χ4v) is 6.78. The number of nitrogens with one attached hydrogen (secondary N) is 2. The third-order valence-electron chi connectivity index (χ3n) is 9.59. The highest BCUT2D eigenvalue weighted by atomic mass is 15.0. The maximum Gasteiger partial charge on any atom is 0.164 e. The number of dihydropyridines is 1. The smallest absolute Gasteiger partial charge is 0.164 e. The molecule has 0 saturated carbocycles. The maximum atomic E-state index is 5.01. The maximum absolute atomic E-state index is 5.01. The molecule has 0 radical (unpaired) electrons. The van der Waals surface area contributed by atoms with Crippen LogP contribution in [0.1, 0.15) is 22.7 Å². The predicted octanol–water partition coefficient (Wildman–Crippen LogP) is 10.9. The normalized spacial score (nSPS) is 14.5. The number of anilines is 1. The summed E-state index contributed by atoms with van der Waals surface area (Å²) >= 11 is 0. The summed E-state index contributed by atoms with van der Waals surface area (Å²) in [6, 6.07) is 53.0. The zero-order chi connectivity index (χ0) is 34.7. The molecule has 248 valence electrons. The summed E-state index contributed by atoms with van der Waals surface area (Å²) in [5.41, 5.74) is 13.3. The van der Waals surface area contributed by atoms with Gasteiger partial charge in [0.25, 0.3) is 0 Å². The van der Waals surface area contributed by atoms with Crippen LogP contribution in [0.15, 0.2) is 176 Å². The summed E-state index contributed by atoms with van der Waals surface area (Å²) < 4.78 is 0. The van der Waals surface area contributed by atoms with E-state index in [9.17, 15) is 0 Å². The van der Waals surface area contributed by atoms with Crippen LogP contribution < -0.4 is 10.6 Å². The lowest BCUT2D eigenvalue weighted by Gasteiger charge is -2.23. The van der Waals surface area contributed by atoms with Crippen LogP contribution in [-0.2, 0) is 0 Å². The Hall–Kier alpha value is -6.85. The third-order valence-corrected chi connectivity index (χ3v) is 9.59. The molecule has 7 aromatic rings. The summed E-state index contributed by atoms with van der Waals surface area (Å²) in [4.78, 5) is 14.9. The van der Waals surface area contributed by atoms with Crippen molar-refractivity contribution in [3.8, 4) is 56.4 Å². The highest BCUT2D eigenvalue weighted by Crippen LogP contribution is 2.35. The van der Waals surface area contributed by atoms with Gasteiger partial charge in [-0.25, -0.2) is 15.0 Å². The molecule has 0 saturated heterocycles. The van der Waals surface area contributed by atoms with Gasteiger partial charge in [-0.15, -0.1) is 0 Å². The van der Waals surface area contributed by atoms with Gasteiger partial charge in [-0.2, -0.15) is 0 Å². The summed E-state index contributed by atoms with van der Waals surface area (Å²) in [5.74, 6) is 1.93. The molecule has 2 aliphatic rings. The number of aromatic nitrogens is 3. The van der Waals surface area contributed by atoms with E-state index in [1.807, 2.05) is 36.4 Å². The molecule has 6 aromatic carbocycles. The van der Waals surface area contributed by atoms with Crippen LogP contribution in [-0.4, -0.2) is 21.5 Å². The highest BCUT2D eigenvalue weighted by molar-refractivity contribution is 5.79. The summed E-state index contributed by atoms with van der Waals surface area (Å²) in [6.45, 7) is 0.810. The standard InChI is InChI=1S/C47H35N5/c1-3-10-32(11-4-1)33-17-19-34(20-18-33)38-25-27-44-40(30-38)26-28-43(49-44)35-21-23-37(24-22-35)46-50-45(36-12-5-2-6-13-36)51-47(52-46)41-15-9-14-39(31-41)42-16-7-8-29-48-42/h1-28,30-31,43,48-49H,29H2. The Morgan fingerprint density at radius 1 is 0.481 bits per heavy atom. The monoisotopic (exact) mass is 669 g/mol. The molecule has 0 fully saturated rings. The quantitative estimate of drug-likeness (QED) is 0.177. The Morgan fingerprint density at radius 2 is 1.04 bits per heavy atom. The van der Waals surface area contributed by atoms with E-state index in [4.69, 9.17) is 15.0 Å². The van der Waals surface area contributed by atoms with Gasteiger partial charge in [-0.1, -0.05) is 158 Å². The minimum atomic E-state index is 0.0478. The number of allylic oxidation sites excluding steroid dienone is 2. The Bertz CT molecular complexity index is 2460. The lowest BCUT2D eigenvalue weighted by molar-refractivity contribution is 0.978. The lowest BCUT2D eigenvalue weighted by Crippen LogP contribution is -2.14. The fraction of sp³-hybridized carbons (Fsp3) is 0.0426. The molecule has 1 aromatic heterocycles. The van der Waals surface area contributed by atoms with Crippen LogP contribution >= 0.6 is 0 Å². The largest absolute Gasteiger partial charge is 0.381 e. The second-order valence-electron chi connectivity index (χ2n) is 13.0.